The third-order valence-electron chi connectivity index (χ3n) is 2.80. The molecule has 2 aromatic rings. The summed E-state index contributed by atoms with van der Waals surface area (Å²) in [5.74, 6) is 1.39. The maximum absolute atomic E-state index is 13.9. The highest BCUT2D eigenvalue weighted by Gasteiger charge is 2.19. The lowest BCUT2D eigenvalue weighted by atomic mass is 9.96. The largest absolute Gasteiger partial charge is 0.497 e. The normalized spacial score (nSPS) is 11.3. The van der Waals surface area contributed by atoms with Crippen LogP contribution in [-0.2, 0) is 5.41 Å². The van der Waals surface area contributed by atoms with Crippen molar-refractivity contribution in [1.82, 2.24) is 9.97 Å². The average Bonchev–Trinajstić information content (AvgIpc) is 2.39. The molecule has 4 nitrogen and oxygen atoms in total. The number of methoxy groups -OCH3 is 1. The van der Waals surface area contributed by atoms with Crippen LogP contribution in [0, 0.1) is 5.82 Å². The van der Waals surface area contributed by atoms with Crippen LogP contribution in [0.25, 0.3) is 0 Å². The zero-order chi connectivity index (χ0) is 15.6. The lowest BCUT2D eigenvalue weighted by molar-refractivity contribution is 0.414. The second-order valence-corrected chi connectivity index (χ2v) is 6.43. The predicted octanol–water partition coefficient (Wildman–Crippen LogP) is 4.43. The van der Waals surface area contributed by atoms with Crippen molar-refractivity contribution in [2.24, 2.45) is 0 Å². The molecule has 1 aromatic heterocycles. The van der Waals surface area contributed by atoms with E-state index in [-0.39, 0.29) is 11.2 Å². The van der Waals surface area contributed by atoms with Gasteiger partial charge in [0.2, 0.25) is 0 Å². The topological polar surface area (TPSA) is 47.0 Å². The van der Waals surface area contributed by atoms with Gasteiger partial charge < -0.3 is 10.1 Å². The van der Waals surface area contributed by atoms with Gasteiger partial charge in [0.1, 0.15) is 27.8 Å². The Balaban J connectivity index is 2.38. The molecule has 0 amide bonds. The van der Waals surface area contributed by atoms with Crippen LogP contribution >= 0.6 is 15.9 Å². The number of benzene rings is 1. The van der Waals surface area contributed by atoms with Crippen molar-refractivity contribution in [2.75, 3.05) is 12.4 Å². The number of anilines is 2. The minimum absolute atomic E-state index is 0.201. The Bertz CT molecular complexity index is 656. The molecule has 0 aliphatic heterocycles. The highest BCUT2D eigenvalue weighted by Crippen LogP contribution is 2.27. The van der Waals surface area contributed by atoms with Crippen molar-refractivity contribution in [3.05, 3.63) is 40.5 Å². The van der Waals surface area contributed by atoms with E-state index in [2.05, 4.69) is 31.2 Å². The van der Waals surface area contributed by atoms with Crippen LogP contribution in [0.1, 0.15) is 26.6 Å². The molecule has 1 aromatic carbocycles. The van der Waals surface area contributed by atoms with Gasteiger partial charge in [-0.1, -0.05) is 20.8 Å². The van der Waals surface area contributed by atoms with Gasteiger partial charge in [-0.15, -0.1) is 0 Å². The molecule has 0 aliphatic carbocycles. The second-order valence-electron chi connectivity index (χ2n) is 5.62. The summed E-state index contributed by atoms with van der Waals surface area (Å²) in [5, 5.41) is 2.96. The molecular weight excluding hydrogens is 337 g/mol. The molecule has 21 heavy (non-hydrogen) atoms. The van der Waals surface area contributed by atoms with Gasteiger partial charge in [-0.25, -0.2) is 14.4 Å². The van der Waals surface area contributed by atoms with Gasteiger partial charge in [0.25, 0.3) is 0 Å². The average molecular weight is 354 g/mol. The molecule has 0 aliphatic rings. The van der Waals surface area contributed by atoms with Gasteiger partial charge in [-0.2, -0.15) is 0 Å². The highest BCUT2D eigenvalue weighted by atomic mass is 79.9. The summed E-state index contributed by atoms with van der Waals surface area (Å²) < 4.78 is 19.6. The van der Waals surface area contributed by atoms with Crippen LogP contribution in [0.3, 0.4) is 0 Å². The lowest BCUT2D eigenvalue weighted by Crippen LogP contribution is -2.17. The summed E-state index contributed by atoms with van der Waals surface area (Å²) in [4.78, 5) is 8.79. The van der Waals surface area contributed by atoms with Crippen molar-refractivity contribution >= 4 is 27.4 Å². The first-order chi connectivity index (χ1) is 9.79. The van der Waals surface area contributed by atoms with E-state index in [0.29, 0.717) is 27.7 Å². The van der Waals surface area contributed by atoms with E-state index in [1.807, 2.05) is 20.8 Å². The number of hydrogen-bond donors (Lipinski definition) is 1. The number of nitrogens with one attached hydrogen (secondary N) is 1. The first-order valence-corrected chi connectivity index (χ1v) is 7.24. The number of halogens is 2. The maximum atomic E-state index is 13.9. The molecule has 6 heteroatoms. The lowest BCUT2D eigenvalue weighted by Gasteiger charge is -2.18. The van der Waals surface area contributed by atoms with E-state index in [1.165, 1.54) is 13.2 Å². The maximum Gasteiger partial charge on any atom is 0.146 e. The molecule has 1 heterocycles. The number of aromatic nitrogens is 2. The number of rotatable bonds is 3. The summed E-state index contributed by atoms with van der Waals surface area (Å²) in [6.07, 6.45) is 0. The molecule has 0 saturated carbocycles. The minimum atomic E-state index is -0.372. The van der Waals surface area contributed by atoms with Crippen molar-refractivity contribution in [3.8, 4) is 5.75 Å². The smallest absolute Gasteiger partial charge is 0.146 e. The van der Waals surface area contributed by atoms with E-state index >= 15 is 0 Å². The number of nitrogens with zero attached hydrogens (tertiary/aromatic N) is 2. The molecule has 0 atom stereocenters. The summed E-state index contributed by atoms with van der Waals surface area (Å²) >= 11 is 3.36. The van der Waals surface area contributed by atoms with Crippen LogP contribution in [0.15, 0.2) is 28.9 Å². The van der Waals surface area contributed by atoms with E-state index in [1.54, 1.807) is 18.2 Å². The Morgan fingerprint density at radius 2 is 1.90 bits per heavy atom. The first-order valence-electron chi connectivity index (χ1n) is 6.45. The third-order valence-corrected chi connectivity index (χ3v) is 3.21. The fourth-order valence-electron chi connectivity index (χ4n) is 1.68. The molecule has 2 rings (SSSR count). The zero-order valence-electron chi connectivity index (χ0n) is 12.4. The van der Waals surface area contributed by atoms with E-state index in [0.717, 1.165) is 0 Å². The van der Waals surface area contributed by atoms with Crippen molar-refractivity contribution in [1.29, 1.82) is 0 Å². The van der Waals surface area contributed by atoms with Gasteiger partial charge in [0.15, 0.2) is 0 Å². The molecule has 0 spiro atoms. The highest BCUT2D eigenvalue weighted by molar-refractivity contribution is 9.10. The quantitative estimate of drug-likeness (QED) is 0.829. The zero-order valence-corrected chi connectivity index (χ0v) is 14.0. The summed E-state index contributed by atoms with van der Waals surface area (Å²) in [5.41, 5.74) is 0.104. The van der Waals surface area contributed by atoms with E-state index < -0.39 is 0 Å². The Hall–Kier alpha value is -1.69. The van der Waals surface area contributed by atoms with Gasteiger partial charge in [0, 0.05) is 17.5 Å². The van der Waals surface area contributed by atoms with Crippen LogP contribution in [-0.4, -0.2) is 17.1 Å². The van der Waals surface area contributed by atoms with Crippen molar-refractivity contribution in [3.63, 3.8) is 0 Å². The molecule has 0 radical (unpaired) electrons. The molecule has 0 bridgehead atoms. The molecule has 0 saturated heterocycles. The first kappa shape index (κ1) is 15.7. The Morgan fingerprint density at radius 3 is 2.52 bits per heavy atom. The summed E-state index contributed by atoms with van der Waals surface area (Å²) in [6, 6.07) is 6.20. The predicted molar refractivity (Wildman–Crippen MR) is 84.7 cm³/mol. The van der Waals surface area contributed by atoms with Crippen molar-refractivity contribution in [2.45, 2.75) is 26.2 Å². The fourth-order valence-corrected chi connectivity index (χ4v) is 2.07. The third kappa shape index (κ3) is 3.91. The Labute approximate surface area is 131 Å². The molecule has 0 unspecified atom stereocenters. The van der Waals surface area contributed by atoms with Crippen LogP contribution in [0.2, 0.25) is 0 Å². The monoisotopic (exact) mass is 353 g/mol. The molecule has 0 fully saturated rings. The Kier molecular flexibility index (Phi) is 4.46. The summed E-state index contributed by atoms with van der Waals surface area (Å²) in [7, 11) is 1.54. The minimum Gasteiger partial charge on any atom is -0.497 e. The summed E-state index contributed by atoms with van der Waals surface area (Å²) in [6.45, 7) is 6.06. The number of ether oxygens (including phenoxy) is 1. The van der Waals surface area contributed by atoms with Gasteiger partial charge in [0.05, 0.1) is 12.8 Å². The van der Waals surface area contributed by atoms with Crippen LogP contribution in [0.5, 0.6) is 5.75 Å². The fraction of sp³-hybridized carbons (Fsp3) is 0.333. The van der Waals surface area contributed by atoms with Crippen LogP contribution < -0.4 is 10.1 Å². The van der Waals surface area contributed by atoms with Crippen LogP contribution in [0.4, 0.5) is 15.9 Å². The standard InChI is InChI=1S/C15H17BrFN3O/c1-15(2,3)14-19-12(16)8-13(20-14)18-11-7-9(21-4)5-6-10(11)17/h5-8H,1-4H3,(H,18,19,20). The molecule has 1 N–H and O–H groups in total. The van der Waals surface area contributed by atoms with Crippen molar-refractivity contribution < 1.29 is 9.13 Å². The van der Waals surface area contributed by atoms with E-state index in [4.69, 9.17) is 4.74 Å². The number of hydrogen-bond acceptors (Lipinski definition) is 4. The van der Waals surface area contributed by atoms with Gasteiger partial charge in [-0.05, 0) is 28.1 Å². The second kappa shape index (κ2) is 5.97. The molecular formula is C15H17BrFN3O. The van der Waals surface area contributed by atoms with Gasteiger partial charge in [-0.3, -0.25) is 0 Å². The Morgan fingerprint density at radius 1 is 1.19 bits per heavy atom. The SMILES string of the molecule is COc1ccc(F)c(Nc2cc(Br)nc(C(C)(C)C)n2)c1. The van der Waals surface area contributed by atoms with Gasteiger partial charge >= 0.3 is 0 Å². The molecule has 112 valence electrons. The van der Waals surface area contributed by atoms with E-state index in [9.17, 15) is 4.39 Å².